The normalized spacial score (nSPS) is 10.0. The maximum Gasteiger partial charge on any atom is 0.143 e. The average molecular weight is 247 g/mol. The zero-order chi connectivity index (χ0) is 12.1. The second kappa shape index (κ2) is 5.56. The summed E-state index contributed by atoms with van der Waals surface area (Å²) >= 11 is 1.70. The van der Waals surface area contributed by atoms with Crippen LogP contribution in [0, 0.1) is 0 Å². The van der Waals surface area contributed by atoms with Gasteiger partial charge in [-0.25, -0.2) is 10.8 Å². The Labute approximate surface area is 104 Å². The summed E-state index contributed by atoms with van der Waals surface area (Å²) in [6, 6.07) is 11.4. The molecule has 17 heavy (non-hydrogen) atoms. The van der Waals surface area contributed by atoms with Gasteiger partial charge in [-0.2, -0.15) is 0 Å². The molecule has 0 unspecified atom stereocenters. The predicted octanol–water partition coefficient (Wildman–Crippen LogP) is 2.88. The summed E-state index contributed by atoms with van der Waals surface area (Å²) in [5, 5.41) is 0. The maximum atomic E-state index is 5.68. The van der Waals surface area contributed by atoms with Crippen LogP contribution in [0.3, 0.4) is 0 Å². The van der Waals surface area contributed by atoms with Crippen LogP contribution in [-0.4, -0.2) is 11.2 Å². The molecule has 0 saturated carbocycles. The number of pyridine rings is 1. The number of nitrogen functional groups attached to an aromatic ring is 1. The Morgan fingerprint density at radius 2 is 1.94 bits per heavy atom. The van der Waals surface area contributed by atoms with E-state index < -0.39 is 0 Å². The largest absolute Gasteiger partial charge is 0.457 e. The highest BCUT2D eigenvalue weighted by Gasteiger charge is 1.99. The Morgan fingerprint density at radius 1 is 1.18 bits per heavy atom. The van der Waals surface area contributed by atoms with Gasteiger partial charge in [0.1, 0.15) is 17.3 Å². The quantitative estimate of drug-likeness (QED) is 0.494. The third-order valence-electron chi connectivity index (χ3n) is 2.17. The molecule has 0 bridgehead atoms. The molecule has 0 amide bonds. The van der Waals surface area contributed by atoms with Crippen molar-refractivity contribution >= 4 is 17.6 Å². The SMILES string of the molecule is CSc1ccc(Oc2ccnc(NN)c2)cc1. The van der Waals surface area contributed by atoms with Crippen molar-refractivity contribution in [1.82, 2.24) is 4.98 Å². The van der Waals surface area contributed by atoms with Gasteiger partial charge < -0.3 is 10.2 Å². The Balaban J connectivity index is 2.13. The number of hydrazine groups is 1. The number of thioether (sulfide) groups is 1. The van der Waals surface area contributed by atoms with Gasteiger partial charge in [-0.05, 0) is 36.6 Å². The van der Waals surface area contributed by atoms with Crippen molar-refractivity contribution in [2.45, 2.75) is 4.90 Å². The van der Waals surface area contributed by atoms with Gasteiger partial charge in [0.15, 0.2) is 0 Å². The summed E-state index contributed by atoms with van der Waals surface area (Å²) in [6.45, 7) is 0. The molecule has 3 N–H and O–H groups in total. The minimum Gasteiger partial charge on any atom is -0.457 e. The van der Waals surface area contributed by atoms with Gasteiger partial charge in [-0.1, -0.05) is 0 Å². The van der Waals surface area contributed by atoms with E-state index in [9.17, 15) is 0 Å². The van der Waals surface area contributed by atoms with Crippen LogP contribution < -0.4 is 16.0 Å². The molecule has 0 aliphatic heterocycles. The number of benzene rings is 1. The second-order valence-electron chi connectivity index (χ2n) is 3.30. The summed E-state index contributed by atoms with van der Waals surface area (Å²) < 4.78 is 5.68. The van der Waals surface area contributed by atoms with Crippen molar-refractivity contribution < 1.29 is 4.74 Å². The molecule has 88 valence electrons. The highest BCUT2D eigenvalue weighted by molar-refractivity contribution is 7.98. The standard InChI is InChI=1S/C12H13N3OS/c1-17-11-4-2-9(3-5-11)16-10-6-7-14-12(8-10)15-13/h2-8H,13H2,1H3,(H,14,15). The number of rotatable bonds is 4. The van der Waals surface area contributed by atoms with Crippen molar-refractivity contribution in [3.05, 3.63) is 42.6 Å². The topological polar surface area (TPSA) is 60.2 Å². The predicted molar refractivity (Wildman–Crippen MR) is 70.3 cm³/mol. The summed E-state index contributed by atoms with van der Waals surface area (Å²) in [6.07, 6.45) is 3.68. The van der Waals surface area contributed by atoms with E-state index in [1.165, 1.54) is 4.90 Å². The van der Waals surface area contributed by atoms with Crippen molar-refractivity contribution in [3.63, 3.8) is 0 Å². The van der Waals surface area contributed by atoms with Crippen LogP contribution in [0.4, 0.5) is 5.82 Å². The van der Waals surface area contributed by atoms with Crippen LogP contribution in [0.2, 0.25) is 0 Å². The number of nitrogens with one attached hydrogen (secondary N) is 1. The molecule has 0 fully saturated rings. The molecule has 2 rings (SSSR count). The molecule has 2 aromatic rings. The highest BCUT2D eigenvalue weighted by atomic mass is 32.2. The zero-order valence-corrected chi connectivity index (χ0v) is 10.2. The van der Waals surface area contributed by atoms with Gasteiger partial charge in [-0.15, -0.1) is 11.8 Å². The lowest BCUT2D eigenvalue weighted by Crippen LogP contribution is -2.08. The lowest BCUT2D eigenvalue weighted by Gasteiger charge is -2.07. The zero-order valence-electron chi connectivity index (χ0n) is 9.38. The molecule has 1 aromatic heterocycles. The molecule has 0 spiro atoms. The van der Waals surface area contributed by atoms with E-state index in [2.05, 4.69) is 10.4 Å². The van der Waals surface area contributed by atoms with Crippen LogP contribution in [0.1, 0.15) is 0 Å². The summed E-state index contributed by atoms with van der Waals surface area (Å²) in [7, 11) is 0. The van der Waals surface area contributed by atoms with Crippen molar-refractivity contribution in [2.75, 3.05) is 11.7 Å². The van der Waals surface area contributed by atoms with Gasteiger partial charge in [-0.3, -0.25) is 0 Å². The maximum absolute atomic E-state index is 5.68. The summed E-state index contributed by atoms with van der Waals surface area (Å²) in [4.78, 5) is 5.21. The monoisotopic (exact) mass is 247 g/mol. The molecule has 0 atom stereocenters. The second-order valence-corrected chi connectivity index (χ2v) is 4.18. The molecule has 1 heterocycles. The van der Waals surface area contributed by atoms with Crippen LogP contribution in [-0.2, 0) is 0 Å². The first kappa shape index (κ1) is 11.8. The Bertz CT molecular complexity index is 487. The molecule has 4 nitrogen and oxygen atoms in total. The minimum atomic E-state index is 0.572. The van der Waals surface area contributed by atoms with Gasteiger partial charge >= 0.3 is 0 Å². The molecule has 0 aliphatic rings. The third kappa shape index (κ3) is 3.12. The Hall–Kier alpha value is -1.72. The number of nitrogens with two attached hydrogens (primary N) is 1. The smallest absolute Gasteiger partial charge is 0.143 e. The fraction of sp³-hybridized carbons (Fsp3) is 0.0833. The van der Waals surface area contributed by atoms with E-state index in [-0.39, 0.29) is 0 Å². The lowest BCUT2D eigenvalue weighted by molar-refractivity contribution is 0.482. The van der Waals surface area contributed by atoms with Crippen LogP contribution in [0.15, 0.2) is 47.5 Å². The molecular formula is C12H13N3OS. The van der Waals surface area contributed by atoms with E-state index in [0.717, 1.165) is 5.75 Å². The Morgan fingerprint density at radius 3 is 2.59 bits per heavy atom. The Kier molecular flexibility index (Phi) is 3.85. The minimum absolute atomic E-state index is 0.572. The number of nitrogens with zero attached hydrogens (tertiary/aromatic N) is 1. The van der Waals surface area contributed by atoms with E-state index in [4.69, 9.17) is 10.6 Å². The summed E-state index contributed by atoms with van der Waals surface area (Å²) in [5.74, 6) is 7.34. The number of ether oxygens (including phenoxy) is 1. The van der Waals surface area contributed by atoms with Crippen LogP contribution in [0.5, 0.6) is 11.5 Å². The van der Waals surface area contributed by atoms with Gasteiger partial charge in [0, 0.05) is 17.2 Å². The molecule has 0 saturated heterocycles. The fourth-order valence-electron chi connectivity index (χ4n) is 1.33. The van der Waals surface area contributed by atoms with Crippen molar-refractivity contribution in [3.8, 4) is 11.5 Å². The molecule has 5 heteroatoms. The van der Waals surface area contributed by atoms with E-state index in [0.29, 0.717) is 11.6 Å². The fourth-order valence-corrected chi connectivity index (χ4v) is 1.74. The molecular weight excluding hydrogens is 234 g/mol. The van der Waals surface area contributed by atoms with Crippen LogP contribution >= 0.6 is 11.8 Å². The van der Waals surface area contributed by atoms with E-state index in [1.807, 2.05) is 30.5 Å². The van der Waals surface area contributed by atoms with Gasteiger partial charge in [0.25, 0.3) is 0 Å². The molecule has 1 aromatic carbocycles. The van der Waals surface area contributed by atoms with Crippen molar-refractivity contribution in [2.24, 2.45) is 5.84 Å². The van der Waals surface area contributed by atoms with Gasteiger partial charge in [0.2, 0.25) is 0 Å². The first-order valence-corrected chi connectivity index (χ1v) is 6.29. The molecule has 0 aliphatic carbocycles. The first-order chi connectivity index (χ1) is 8.31. The number of anilines is 1. The number of aromatic nitrogens is 1. The highest BCUT2D eigenvalue weighted by Crippen LogP contribution is 2.24. The number of hydrogen-bond donors (Lipinski definition) is 2. The lowest BCUT2D eigenvalue weighted by atomic mass is 10.3. The average Bonchev–Trinajstić information content (AvgIpc) is 2.40. The van der Waals surface area contributed by atoms with E-state index >= 15 is 0 Å². The van der Waals surface area contributed by atoms with Gasteiger partial charge in [0.05, 0.1) is 0 Å². The van der Waals surface area contributed by atoms with E-state index in [1.54, 1.807) is 30.1 Å². The van der Waals surface area contributed by atoms with Crippen molar-refractivity contribution in [1.29, 1.82) is 0 Å². The summed E-state index contributed by atoms with van der Waals surface area (Å²) in [5.41, 5.74) is 2.48. The molecule has 0 radical (unpaired) electrons. The first-order valence-electron chi connectivity index (χ1n) is 5.06. The number of hydrogen-bond acceptors (Lipinski definition) is 5. The van der Waals surface area contributed by atoms with Crippen LogP contribution in [0.25, 0.3) is 0 Å². The third-order valence-corrected chi connectivity index (χ3v) is 2.92.